The van der Waals surface area contributed by atoms with Crippen LogP contribution in [0.2, 0.25) is 0 Å². The first-order valence-corrected chi connectivity index (χ1v) is 9.22. The predicted octanol–water partition coefficient (Wildman–Crippen LogP) is 2.21. The van der Waals surface area contributed by atoms with Crippen molar-refractivity contribution in [2.45, 2.75) is 6.04 Å². The zero-order valence-corrected chi connectivity index (χ0v) is 14.6. The maximum Gasteiger partial charge on any atom is 0.247 e. The largest absolute Gasteiger partial charge is 0.379 e. The fraction of sp³-hybridized carbons (Fsp3) is 0.353. The van der Waals surface area contributed by atoms with Gasteiger partial charge in [0.2, 0.25) is 5.95 Å². The smallest absolute Gasteiger partial charge is 0.247 e. The SMILES string of the molecule is c1ccc(-n2nnnc2NC[C@@H](c2cccs2)N2CCOCC2)cc1. The van der Waals surface area contributed by atoms with E-state index in [1.165, 1.54) is 4.88 Å². The molecule has 1 atom stereocenters. The zero-order valence-electron chi connectivity index (χ0n) is 13.8. The van der Waals surface area contributed by atoms with Crippen molar-refractivity contribution in [3.05, 3.63) is 52.7 Å². The quantitative estimate of drug-likeness (QED) is 0.730. The minimum atomic E-state index is 0.282. The lowest BCUT2D eigenvalue weighted by atomic mass is 10.2. The first-order valence-electron chi connectivity index (χ1n) is 8.35. The molecule has 0 radical (unpaired) electrons. The summed E-state index contributed by atoms with van der Waals surface area (Å²) in [6.07, 6.45) is 0. The molecule has 4 rings (SSSR count). The van der Waals surface area contributed by atoms with Gasteiger partial charge < -0.3 is 10.1 Å². The van der Waals surface area contributed by atoms with Crippen LogP contribution in [0.1, 0.15) is 10.9 Å². The Morgan fingerprint density at radius 1 is 1.12 bits per heavy atom. The van der Waals surface area contributed by atoms with Crippen molar-refractivity contribution in [3.8, 4) is 5.69 Å². The van der Waals surface area contributed by atoms with Gasteiger partial charge in [-0.2, -0.15) is 4.68 Å². The Balaban J connectivity index is 1.51. The molecule has 0 aliphatic carbocycles. The van der Waals surface area contributed by atoms with Gasteiger partial charge in [0.15, 0.2) is 0 Å². The van der Waals surface area contributed by atoms with Gasteiger partial charge in [0.05, 0.1) is 24.9 Å². The van der Waals surface area contributed by atoms with Gasteiger partial charge in [-0.3, -0.25) is 4.90 Å². The van der Waals surface area contributed by atoms with Crippen molar-refractivity contribution >= 4 is 17.3 Å². The molecular weight excluding hydrogens is 336 g/mol. The first-order chi connectivity index (χ1) is 12.4. The highest BCUT2D eigenvalue weighted by atomic mass is 32.1. The summed E-state index contributed by atoms with van der Waals surface area (Å²) in [7, 11) is 0. The number of anilines is 1. The van der Waals surface area contributed by atoms with Gasteiger partial charge in [-0.25, -0.2) is 0 Å². The van der Waals surface area contributed by atoms with Crippen LogP contribution in [-0.2, 0) is 4.74 Å². The van der Waals surface area contributed by atoms with E-state index >= 15 is 0 Å². The van der Waals surface area contributed by atoms with Crippen LogP contribution in [0.15, 0.2) is 47.8 Å². The summed E-state index contributed by atoms with van der Waals surface area (Å²) >= 11 is 1.78. The second-order valence-electron chi connectivity index (χ2n) is 5.81. The summed E-state index contributed by atoms with van der Waals surface area (Å²) in [4.78, 5) is 3.80. The summed E-state index contributed by atoms with van der Waals surface area (Å²) in [5.74, 6) is 0.654. The minimum Gasteiger partial charge on any atom is -0.379 e. The average molecular weight is 356 g/mol. The maximum atomic E-state index is 5.50. The third-order valence-corrected chi connectivity index (χ3v) is 5.26. The van der Waals surface area contributed by atoms with E-state index in [0.717, 1.165) is 38.5 Å². The molecule has 7 nitrogen and oxygen atoms in total. The third kappa shape index (κ3) is 3.71. The van der Waals surface area contributed by atoms with Gasteiger partial charge in [-0.15, -0.1) is 11.3 Å². The molecule has 130 valence electrons. The number of para-hydroxylation sites is 1. The van der Waals surface area contributed by atoms with Crippen molar-refractivity contribution < 1.29 is 4.74 Å². The molecular formula is C17H20N6OS. The number of nitrogens with one attached hydrogen (secondary N) is 1. The van der Waals surface area contributed by atoms with Crippen LogP contribution in [0, 0.1) is 0 Å². The third-order valence-electron chi connectivity index (χ3n) is 4.28. The average Bonchev–Trinajstić information content (AvgIpc) is 3.36. The zero-order chi connectivity index (χ0) is 16.9. The van der Waals surface area contributed by atoms with Crippen molar-refractivity contribution in [3.63, 3.8) is 0 Å². The summed E-state index contributed by atoms with van der Waals surface area (Å²) < 4.78 is 7.23. The Morgan fingerprint density at radius 3 is 2.72 bits per heavy atom. The lowest BCUT2D eigenvalue weighted by molar-refractivity contribution is 0.0193. The standard InChI is InChI=1S/C17H20N6OS/c1-2-5-14(6-3-1)23-17(19-20-21-23)18-13-15(16-7-4-12-25-16)22-8-10-24-11-9-22/h1-7,12,15H,8-11,13H2,(H,18,19,21)/t15-/m0/s1. The van der Waals surface area contributed by atoms with Gasteiger partial charge in [-0.05, 0) is 34.0 Å². The Bertz CT molecular complexity index is 770. The Hall–Kier alpha value is -2.29. The second-order valence-corrected chi connectivity index (χ2v) is 6.79. The van der Waals surface area contributed by atoms with E-state index in [9.17, 15) is 0 Å². The summed E-state index contributed by atoms with van der Waals surface area (Å²) in [6.45, 7) is 4.18. The van der Waals surface area contributed by atoms with E-state index in [2.05, 4.69) is 43.3 Å². The van der Waals surface area contributed by atoms with Gasteiger partial charge >= 0.3 is 0 Å². The molecule has 1 aromatic carbocycles. The molecule has 0 spiro atoms. The molecule has 1 N–H and O–H groups in total. The van der Waals surface area contributed by atoms with Gasteiger partial charge in [0.1, 0.15) is 0 Å². The molecule has 1 aliphatic rings. The molecule has 2 aromatic heterocycles. The molecule has 1 saturated heterocycles. The van der Waals surface area contributed by atoms with Crippen LogP contribution in [0.25, 0.3) is 5.69 Å². The number of thiophene rings is 1. The number of nitrogens with zero attached hydrogens (tertiary/aromatic N) is 5. The molecule has 3 heterocycles. The molecule has 0 bridgehead atoms. The molecule has 25 heavy (non-hydrogen) atoms. The number of benzene rings is 1. The van der Waals surface area contributed by atoms with Gasteiger partial charge in [0, 0.05) is 24.5 Å². The molecule has 0 amide bonds. The number of ether oxygens (including phenoxy) is 1. The number of morpholine rings is 1. The van der Waals surface area contributed by atoms with E-state index in [1.807, 2.05) is 30.3 Å². The summed E-state index contributed by atoms with van der Waals surface area (Å²) in [5, 5.41) is 17.6. The molecule has 0 saturated carbocycles. The molecule has 1 aliphatic heterocycles. The molecule has 3 aromatic rings. The van der Waals surface area contributed by atoms with Crippen LogP contribution in [0.4, 0.5) is 5.95 Å². The fourth-order valence-electron chi connectivity index (χ4n) is 3.01. The lowest BCUT2D eigenvalue weighted by Gasteiger charge is -2.34. The molecule has 0 unspecified atom stereocenters. The predicted molar refractivity (Wildman–Crippen MR) is 97.1 cm³/mol. The highest BCUT2D eigenvalue weighted by Gasteiger charge is 2.24. The molecule has 1 fully saturated rings. The Labute approximate surface area is 150 Å². The highest BCUT2D eigenvalue weighted by Crippen LogP contribution is 2.26. The second kappa shape index (κ2) is 7.73. The van der Waals surface area contributed by atoms with Gasteiger partial charge in [-0.1, -0.05) is 29.4 Å². The van der Waals surface area contributed by atoms with Crippen LogP contribution in [-0.4, -0.2) is 58.0 Å². The van der Waals surface area contributed by atoms with E-state index in [0.29, 0.717) is 5.95 Å². The van der Waals surface area contributed by atoms with Crippen LogP contribution < -0.4 is 5.32 Å². The normalized spacial score (nSPS) is 16.6. The maximum absolute atomic E-state index is 5.50. The number of tetrazole rings is 1. The topological polar surface area (TPSA) is 68.1 Å². The summed E-state index contributed by atoms with van der Waals surface area (Å²) in [5.41, 5.74) is 0.939. The van der Waals surface area contributed by atoms with Crippen molar-refractivity contribution in [1.29, 1.82) is 0 Å². The number of rotatable bonds is 6. The van der Waals surface area contributed by atoms with E-state index in [1.54, 1.807) is 16.0 Å². The van der Waals surface area contributed by atoms with Crippen LogP contribution in [0.5, 0.6) is 0 Å². The van der Waals surface area contributed by atoms with Crippen molar-refractivity contribution in [1.82, 2.24) is 25.1 Å². The fourth-order valence-corrected chi connectivity index (χ4v) is 3.87. The lowest BCUT2D eigenvalue weighted by Crippen LogP contribution is -2.41. The summed E-state index contributed by atoms with van der Waals surface area (Å²) in [6, 6.07) is 14.5. The Morgan fingerprint density at radius 2 is 1.96 bits per heavy atom. The van der Waals surface area contributed by atoms with Crippen molar-refractivity contribution in [2.24, 2.45) is 0 Å². The van der Waals surface area contributed by atoms with Crippen LogP contribution >= 0.6 is 11.3 Å². The van der Waals surface area contributed by atoms with E-state index < -0.39 is 0 Å². The first kappa shape index (κ1) is 16.2. The number of hydrogen-bond acceptors (Lipinski definition) is 7. The van der Waals surface area contributed by atoms with E-state index in [4.69, 9.17) is 4.74 Å². The number of hydrogen-bond donors (Lipinski definition) is 1. The Kier molecular flexibility index (Phi) is 5.01. The monoisotopic (exact) mass is 356 g/mol. The van der Waals surface area contributed by atoms with Gasteiger partial charge in [0.25, 0.3) is 0 Å². The highest BCUT2D eigenvalue weighted by molar-refractivity contribution is 7.10. The van der Waals surface area contributed by atoms with E-state index in [-0.39, 0.29) is 6.04 Å². The van der Waals surface area contributed by atoms with Crippen molar-refractivity contribution in [2.75, 3.05) is 38.2 Å². The number of aromatic nitrogens is 4. The minimum absolute atomic E-state index is 0.282. The van der Waals surface area contributed by atoms with Crippen LogP contribution in [0.3, 0.4) is 0 Å². The molecule has 8 heteroatoms.